The average Bonchev–Trinajstić information content (AvgIpc) is 2.25. The third kappa shape index (κ3) is 1.70. The SMILES string of the molecule is CCOc1cccc2c1N(C)C(C)(C)CN2. The van der Waals surface area contributed by atoms with Gasteiger partial charge in [-0.05, 0) is 32.9 Å². The van der Waals surface area contributed by atoms with E-state index >= 15 is 0 Å². The summed E-state index contributed by atoms with van der Waals surface area (Å²) in [6.45, 7) is 8.12. The number of ether oxygens (including phenoxy) is 1. The molecular formula is C13H20N2O. The molecule has 1 aromatic carbocycles. The molecule has 0 unspecified atom stereocenters. The number of para-hydroxylation sites is 1. The van der Waals surface area contributed by atoms with Crippen LogP contribution in [-0.4, -0.2) is 25.7 Å². The first-order chi connectivity index (χ1) is 7.56. The molecule has 3 nitrogen and oxygen atoms in total. The Bertz CT molecular complexity index is 388. The fourth-order valence-corrected chi connectivity index (χ4v) is 2.02. The van der Waals surface area contributed by atoms with Crippen molar-refractivity contribution in [3.05, 3.63) is 18.2 Å². The number of benzene rings is 1. The molecule has 0 radical (unpaired) electrons. The van der Waals surface area contributed by atoms with Gasteiger partial charge in [-0.25, -0.2) is 0 Å². The van der Waals surface area contributed by atoms with Crippen molar-refractivity contribution >= 4 is 11.4 Å². The standard InChI is InChI=1S/C13H20N2O/c1-5-16-11-8-6-7-10-12(11)15(4)13(2,3)9-14-10/h6-8,14H,5,9H2,1-4H3. The summed E-state index contributed by atoms with van der Waals surface area (Å²) < 4.78 is 5.69. The second-order valence-corrected chi connectivity index (χ2v) is 4.81. The first kappa shape index (κ1) is 11.1. The zero-order valence-corrected chi connectivity index (χ0v) is 10.5. The number of hydrogen-bond acceptors (Lipinski definition) is 3. The van der Waals surface area contributed by atoms with Crippen molar-refractivity contribution in [2.24, 2.45) is 0 Å². The van der Waals surface area contributed by atoms with Crippen LogP contribution in [0.1, 0.15) is 20.8 Å². The molecule has 1 heterocycles. The monoisotopic (exact) mass is 220 g/mol. The zero-order chi connectivity index (χ0) is 11.8. The van der Waals surface area contributed by atoms with Gasteiger partial charge in [-0.15, -0.1) is 0 Å². The lowest BCUT2D eigenvalue weighted by molar-refractivity contribution is 0.337. The van der Waals surface area contributed by atoms with Crippen molar-refractivity contribution in [3.63, 3.8) is 0 Å². The van der Waals surface area contributed by atoms with Crippen LogP contribution in [0.3, 0.4) is 0 Å². The number of hydrogen-bond donors (Lipinski definition) is 1. The highest BCUT2D eigenvalue weighted by Crippen LogP contribution is 2.41. The molecule has 1 N–H and O–H groups in total. The number of anilines is 2. The van der Waals surface area contributed by atoms with E-state index in [2.05, 4.69) is 37.2 Å². The van der Waals surface area contributed by atoms with E-state index < -0.39 is 0 Å². The number of nitrogens with zero attached hydrogens (tertiary/aromatic N) is 1. The molecule has 0 fully saturated rings. The fraction of sp³-hybridized carbons (Fsp3) is 0.538. The van der Waals surface area contributed by atoms with E-state index in [4.69, 9.17) is 4.74 Å². The molecule has 0 spiro atoms. The van der Waals surface area contributed by atoms with Gasteiger partial charge in [0.2, 0.25) is 0 Å². The van der Waals surface area contributed by atoms with Crippen LogP contribution in [0.15, 0.2) is 18.2 Å². The molecule has 16 heavy (non-hydrogen) atoms. The molecule has 2 rings (SSSR count). The third-order valence-corrected chi connectivity index (χ3v) is 3.25. The smallest absolute Gasteiger partial charge is 0.144 e. The second-order valence-electron chi connectivity index (χ2n) is 4.81. The van der Waals surface area contributed by atoms with E-state index in [1.54, 1.807) is 0 Å². The molecule has 0 amide bonds. The Labute approximate surface area is 97.4 Å². The van der Waals surface area contributed by atoms with Crippen molar-refractivity contribution in [1.82, 2.24) is 0 Å². The van der Waals surface area contributed by atoms with Gasteiger partial charge in [0, 0.05) is 13.6 Å². The third-order valence-electron chi connectivity index (χ3n) is 3.25. The molecule has 0 aliphatic carbocycles. The van der Waals surface area contributed by atoms with E-state index in [1.165, 1.54) is 5.69 Å². The predicted molar refractivity (Wildman–Crippen MR) is 68.6 cm³/mol. The normalized spacial score (nSPS) is 17.6. The van der Waals surface area contributed by atoms with Crippen LogP contribution in [0.2, 0.25) is 0 Å². The molecule has 0 saturated carbocycles. The van der Waals surface area contributed by atoms with Crippen LogP contribution in [-0.2, 0) is 0 Å². The van der Waals surface area contributed by atoms with Gasteiger partial charge in [-0.2, -0.15) is 0 Å². The van der Waals surface area contributed by atoms with Crippen LogP contribution in [0.4, 0.5) is 11.4 Å². The highest BCUT2D eigenvalue weighted by molar-refractivity contribution is 5.79. The zero-order valence-electron chi connectivity index (χ0n) is 10.5. The maximum Gasteiger partial charge on any atom is 0.144 e. The first-order valence-corrected chi connectivity index (χ1v) is 5.80. The molecule has 0 saturated heterocycles. The minimum absolute atomic E-state index is 0.111. The molecule has 1 aliphatic heterocycles. The lowest BCUT2D eigenvalue weighted by Gasteiger charge is -2.43. The Morgan fingerprint density at radius 3 is 2.88 bits per heavy atom. The van der Waals surface area contributed by atoms with E-state index in [0.717, 1.165) is 18.0 Å². The minimum atomic E-state index is 0.111. The lowest BCUT2D eigenvalue weighted by Crippen LogP contribution is -2.50. The molecule has 0 atom stereocenters. The quantitative estimate of drug-likeness (QED) is 0.829. The number of nitrogens with one attached hydrogen (secondary N) is 1. The van der Waals surface area contributed by atoms with Crippen molar-refractivity contribution in [2.45, 2.75) is 26.3 Å². The maximum absolute atomic E-state index is 5.69. The molecular weight excluding hydrogens is 200 g/mol. The Morgan fingerprint density at radius 1 is 1.44 bits per heavy atom. The number of rotatable bonds is 2. The average molecular weight is 220 g/mol. The van der Waals surface area contributed by atoms with E-state index in [-0.39, 0.29) is 5.54 Å². The van der Waals surface area contributed by atoms with Crippen molar-refractivity contribution in [2.75, 3.05) is 30.4 Å². The van der Waals surface area contributed by atoms with Crippen LogP contribution in [0, 0.1) is 0 Å². The molecule has 3 heteroatoms. The van der Waals surface area contributed by atoms with Gasteiger partial charge < -0.3 is 15.0 Å². The predicted octanol–water partition coefficient (Wildman–Crippen LogP) is 2.73. The van der Waals surface area contributed by atoms with Gasteiger partial charge in [0.05, 0.1) is 17.8 Å². The maximum atomic E-state index is 5.69. The van der Waals surface area contributed by atoms with Crippen molar-refractivity contribution in [1.29, 1.82) is 0 Å². The lowest BCUT2D eigenvalue weighted by atomic mass is 9.98. The van der Waals surface area contributed by atoms with Gasteiger partial charge in [0.15, 0.2) is 0 Å². The van der Waals surface area contributed by atoms with Gasteiger partial charge in [0.1, 0.15) is 11.4 Å². The Morgan fingerprint density at radius 2 is 2.19 bits per heavy atom. The van der Waals surface area contributed by atoms with Gasteiger partial charge in [-0.1, -0.05) is 6.07 Å². The van der Waals surface area contributed by atoms with Crippen LogP contribution < -0.4 is 15.0 Å². The van der Waals surface area contributed by atoms with Gasteiger partial charge >= 0.3 is 0 Å². The minimum Gasteiger partial charge on any atom is -0.492 e. The number of fused-ring (bicyclic) bond motifs is 1. The fourth-order valence-electron chi connectivity index (χ4n) is 2.02. The highest BCUT2D eigenvalue weighted by Gasteiger charge is 2.31. The Kier molecular flexibility index (Phi) is 2.70. The van der Waals surface area contributed by atoms with Crippen LogP contribution >= 0.6 is 0 Å². The summed E-state index contributed by atoms with van der Waals surface area (Å²) in [6.07, 6.45) is 0. The van der Waals surface area contributed by atoms with Gasteiger partial charge in [0.25, 0.3) is 0 Å². The topological polar surface area (TPSA) is 24.5 Å². The molecule has 1 aliphatic rings. The molecule has 1 aromatic rings. The van der Waals surface area contributed by atoms with Gasteiger partial charge in [-0.3, -0.25) is 0 Å². The van der Waals surface area contributed by atoms with Crippen molar-refractivity contribution in [3.8, 4) is 5.75 Å². The van der Waals surface area contributed by atoms with E-state index in [9.17, 15) is 0 Å². The largest absolute Gasteiger partial charge is 0.492 e. The van der Waals surface area contributed by atoms with Crippen LogP contribution in [0.25, 0.3) is 0 Å². The summed E-state index contributed by atoms with van der Waals surface area (Å²) in [4.78, 5) is 2.30. The summed E-state index contributed by atoms with van der Waals surface area (Å²) >= 11 is 0. The summed E-state index contributed by atoms with van der Waals surface area (Å²) in [6, 6.07) is 6.16. The van der Waals surface area contributed by atoms with E-state index in [0.29, 0.717) is 6.61 Å². The van der Waals surface area contributed by atoms with Crippen molar-refractivity contribution < 1.29 is 4.74 Å². The number of likely N-dealkylation sites (N-methyl/N-ethyl adjacent to an activating group) is 1. The van der Waals surface area contributed by atoms with E-state index in [1.807, 2.05) is 19.1 Å². The molecule has 0 aromatic heterocycles. The Hall–Kier alpha value is -1.38. The molecule has 88 valence electrons. The molecule has 0 bridgehead atoms. The highest BCUT2D eigenvalue weighted by atomic mass is 16.5. The summed E-state index contributed by atoms with van der Waals surface area (Å²) in [5.74, 6) is 0.961. The summed E-state index contributed by atoms with van der Waals surface area (Å²) in [7, 11) is 2.13. The summed E-state index contributed by atoms with van der Waals surface area (Å²) in [5.41, 5.74) is 2.44. The Balaban J connectivity index is 2.47. The summed E-state index contributed by atoms with van der Waals surface area (Å²) in [5, 5.41) is 3.46. The van der Waals surface area contributed by atoms with Crippen LogP contribution in [0.5, 0.6) is 5.75 Å². The first-order valence-electron chi connectivity index (χ1n) is 5.80. The second kappa shape index (κ2) is 3.89.